The molecule has 166 valence electrons. The second kappa shape index (κ2) is 10.1. The topological polar surface area (TPSA) is 79.0 Å². The number of hydrogen-bond acceptors (Lipinski definition) is 5. The van der Waals surface area contributed by atoms with Crippen molar-refractivity contribution in [3.63, 3.8) is 0 Å². The van der Waals surface area contributed by atoms with Gasteiger partial charge in [-0.05, 0) is 67.7 Å². The van der Waals surface area contributed by atoms with Crippen LogP contribution in [-0.4, -0.2) is 47.0 Å². The lowest BCUT2D eigenvalue weighted by Crippen LogP contribution is -2.37. The summed E-state index contributed by atoms with van der Waals surface area (Å²) < 4.78 is 18.2. The number of benzene rings is 2. The van der Waals surface area contributed by atoms with Gasteiger partial charge < -0.3 is 15.0 Å². The molecule has 32 heavy (non-hydrogen) atoms. The Labute approximate surface area is 190 Å². The Morgan fingerprint density at radius 1 is 1.19 bits per heavy atom. The lowest BCUT2D eigenvalue weighted by molar-refractivity contribution is -0.124. The molecule has 1 aliphatic heterocycles. The molecule has 1 atom stereocenters. The average Bonchev–Trinajstić information content (AvgIpc) is 2.99. The van der Waals surface area contributed by atoms with E-state index in [4.69, 9.17) is 17.0 Å². The molecule has 1 aliphatic rings. The molecule has 0 spiro atoms. The minimum Gasteiger partial charge on any atom is -0.462 e. The van der Waals surface area contributed by atoms with E-state index in [1.165, 1.54) is 29.2 Å². The molecular formula is C23H22FN3O4S. The van der Waals surface area contributed by atoms with Gasteiger partial charge in [0.1, 0.15) is 11.9 Å². The Kier molecular flexibility index (Phi) is 7.32. The van der Waals surface area contributed by atoms with Crippen LogP contribution in [0, 0.1) is 5.82 Å². The van der Waals surface area contributed by atoms with Crippen LogP contribution < -0.4 is 10.2 Å². The van der Waals surface area contributed by atoms with Gasteiger partial charge in [-0.15, -0.1) is 6.58 Å². The molecule has 0 unspecified atom stereocenters. The van der Waals surface area contributed by atoms with Crippen LogP contribution in [0.2, 0.25) is 0 Å². The predicted octanol–water partition coefficient (Wildman–Crippen LogP) is 3.52. The first-order valence-corrected chi connectivity index (χ1v) is 10.3. The molecule has 2 aromatic carbocycles. The van der Waals surface area contributed by atoms with Gasteiger partial charge in [0.2, 0.25) is 5.91 Å². The third-order valence-electron chi connectivity index (χ3n) is 4.79. The number of halogens is 1. The van der Waals surface area contributed by atoms with Crippen LogP contribution >= 0.6 is 12.2 Å². The number of carbonyl (C=O) groups is 3. The van der Waals surface area contributed by atoms with Crippen LogP contribution in [0.25, 0.3) is 0 Å². The minimum absolute atomic E-state index is 0.149. The normalized spacial score (nSPS) is 15.6. The van der Waals surface area contributed by atoms with E-state index < -0.39 is 23.7 Å². The molecule has 7 nitrogen and oxygen atoms in total. The number of nitrogens with zero attached hydrogens (tertiary/aromatic N) is 2. The van der Waals surface area contributed by atoms with Gasteiger partial charge in [0.25, 0.3) is 5.91 Å². The summed E-state index contributed by atoms with van der Waals surface area (Å²) in [7, 11) is 0. The van der Waals surface area contributed by atoms with Crippen LogP contribution in [0.1, 0.15) is 23.7 Å². The lowest BCUT2D eigenvalue weighted by Gasteiger charge is -2.22. The summed E-state index contributed by atoms with van der Waals surface area (Å²) in [5.74, 6) is -1.66. The van der Waals surface area contributed by atoms with Crippen LogP contribution in [0.5, 0.6) is 0 Å². The number of rotatable bonds is 8. The zero-order chi connectivity index (χ0) is 23.3. The third-order valence-corrected chi connectivity index (χ3v) is 5.20. The first-order valence-electron chi connectivity index (χ1n) is 9.93. The van der Waals surface area contributed by atoms with Gasteiger partial charge in [-0.2, -0.15) is 0 Å². The molecule has 0 saturated carbocycles. The van der Waals surface area contributed by atoms with Gasteiger partial charge >= 0.3 is 5.97 Å². The number of thiocarbonyl (C=S) groups is 1. The molecule has 1 heterocycles. The fourth-order valence-corrected chi connectivity index (χ4v) is 3.70. The van der Waals surface area contributed by atoms with Crippen LogP contribution in [-0.2, 0) is 14.3 Å². The molecule has 1 fully saturated rings. The lowest BCUT2D eigenvalue weighted by atomic mass is 10.1. The third kappa shape index (κ3) is 5.00. The fourth-order valence-electron chi connectivity index (χ4n) is 3.30. The SMILES string of the molecule is C=CCN1C(=S)N(c2ccc(F)cc2)C(=O)[C@H]1CC(=O)Nc1ccc(C(=O)OCC)cc1. The number of hydrogen-bond donors (Lipinski definition) is 1. The molecule has 0 aromatic heterocycles. The van der Waals surface area contributed by atoms with Crippen molar-refractivity contribution in [1.82, 2.24) is 4.90 Å². The van der Waals surface area contributed by atoms with Gasteiger partial charge in [0.05, 0.1) is 24.3 Å². The van der Waals surface area contributed by atoms with Crippen molar-refractivity contribution in [2.45, 2.75) is 19.4 Å². The van der Waals surface area contributed by atoms with Crippen molar-refractivity contribution in [3.8, 4) is 0 Å². The summed E-state index contributed by atoms with van der Waals surface area (Å²) in [5, 5.41) is 2.94. The Morgan fingerprint density at radius 3 is 2.44 bits per heavy atom. The number of anilines is 2. The maximum Gasteiger partial charge on any atom is 0.338 e. The molecule has 0 bridgehead atoms. The molecule has 9 heteroatoms. The summed E-state index contributed by atoms with van der Waals surface area (Å²) in [4.78, 5) is 40.4. The van der Waals surface area contributed by atoms with Crippen molar-refractivity contribution in [2.75, 3.05) is 23.4 Å². The molecule has 1 N–H and O–H groups in total. The standard InChI is InChI=1S/C23H22FN3O4S/c1-3-13-26-19(21(29)27(23(26)32)18-11-7-16(24)8-12-18)14-20(28)25-17-9-5-15(6-10-17)22(30)31-4-2/h3,5-12,19H,1,4,13-14H2,2H3,(H,25,28)/t19-/m1/s1. The molecule has 0 radical (unpaired) electrons. The number of carbonyl (C=O) groups excluding carboxylic acids is 3. The number of ether oxygens (including phenoxy) is 1. The van der Waals surface area contributed by atoms with E-state index in [2.05, 4.69) is 11.9 Å². The van der Waals surface area contributed by atoms with Crippen molar-refractivity contribution >= 4 is 46.5 Å². The Balaban J connectivity index is 1.72. The molecule has 2 aromatic rings. The second-order valence-corrected chi connectivity index (χ2v) is 7.30. The smallest absolute Gasteiger partial charge is 0.338 e. The van der Waals surface area contributed by atoms with Gasteiger partial charge in [0, 0.05) is 12.2 Å². The highest BCUT2D eigenvalue weighted by molar-refractivity contribution is 7.80. The van der Waals surface area contributed by atoms with Crippen LogP contribution in [0.4, 0.5) is 15.8 Å². The first kappa shape index (κ1) is 23.1. The second-order valence-electron chi connectivity index (χ2n) is 6.94. The maximum atomic E-state index is 13.3. The van der Waals surface area contributed by atoms with E-state index in [0.29, 0.717) is 16.9 Å². The van der Waals surface area contributed by atoms with E-state index in [9.17, 15) is 18.8 Å². The van der Waals surface area contributed by atoms with Crippen LogP contribution in [0.15, 0.2) is 61.2 Å². The zero-order valence-corrected chi connectivity index (χ0v) is 18.2. The van der Waals surface area contributed by atoms with Gasteiger partial charge in [-0.25, -0.2) is 9.18 Å². The van der Waals surface area contributed by atoms with E-state index in [1.807, 2.05) is 0 Å². The summed E-state index contributed by atoms with van der Waals surface area (Å²) >= 11 is 5.45. The van der Waals surface area contributed by atoms with Crippen molar-refractivity contribution in [1.29, 1.82) is 0 Å². The van der Waals surface area contributed by atoms with Crippen molar-refractivity contribution < 1.29 is 23.5 Å². The van der Waals surface area contributed by atoms with Gasteiger partial charge in [-0.3, -0.25) is 14.5 Å². The number of esters is 1. The molecule has 0 aliphatic carbocycles. The van der Waals surface area contributed by atoms with Gasteiger partial charge in [-0.1, -0.05) is 6.08 Å². The maximum absolute atomic E-state index is 13.3. The van der Waals surface area contributed by atoms with Gasteiger partial charge in [0.15, 0.2) is 5.11 Å². The average molecular weight is 456 g/mol. The highest BCUT2D eigenvalue weighted by Gasteiger charge is 2.43. The summed E-state index contributed by atoms with van der Waals surface area (Å²) in [6.07, 6.45) is 1.44. The monoisotopic (exact) mass is 455 g/mol. The Morgan fingerprint density at radius 2 is 1.84 bits per heavy atom. The minimum atomic E-state index is -0.829. The van der Waals surface area contributed by atoms with E-state index >= 15 is 0 Å². The summed E-state index contributed by atoms with van der Waals surface area (Å²) in [6, 6.07) is 10.8. The first-order chi connectivity index (χ1) is 15.3. The molecule has 1 saturated heterocycles. The summed E-state index contributed by atoms with van der Waals surface area (Å²) in [6.45, 7) is 5.95. The molecule has 3 rings (SSSR count). The highest BCUT2D eigenvalue weighted by Crippen LogP contribution is 2.27. The highest BCUT2D eigenvalue weighted by atomic mass is 32.1. The molecular weight excluding hydrogens is 433 g/mol. The number of amides is 2. The van der Waals surface area contributed by atoms with E-state index in [0.717, 1.165) is 0 Å². The van der Waals surface area contributed by atoms with Crippen molar-refractivity contribution in [2.24, 2.45) is 0 Å². The zero-order valence-electron chi connectivity index (χ0n) is 17.4. The molecule has 2 amide bonds. The number of nitrogens with one attached hydrogen (secondary N) is 1. The largest absolute Gasteiger partial charge is 0.462 e. The Bertz CT molecular complexity index is 1040. The quantitative estimate of drug-likeness (QED) is 0.373. The fraction of sp³-hybridized carbons (Fsp3) is 0.217. The van der Waals surface area contributed by atoms with Crippen molar-refractivity contribution in [3.05, 3.63) is 72.6 Å². The summed E-state index contributed by atoms with van der Waals surface area (Å²) in [5.41, 5.74) is 1.27. The Hall–Kier alpha value is -3.59. The van der Waals surface area contributed by atoms with E-state index in [1.54, 1.807) is 42.2 Å². The predicted molar refractivity (Wildman–Crippen MR) is 123 cm³/mol. The van der Waals surface area contributed by atoms with E-state index in [-0.39, 0.29) is 30.6 Å². The van der Waals surface area contributed by atoms with Crippen LogP contribution in [0.3, 0.4) is 0 Å².